The van der Waals surface area contributed by atoms with Gasteiger partial charge in [0.05, 0.1) is 34.8 Å². The summed E-state index contributed by atoms with van der Waals surface area (Å²) in [5, 5.41) is 5.43. The Kier molecular flexibility index (Phi) is 5.01. The molecule has 5 rings (SSSR count). The highest BCUT2D eigenvalue weighted by Gasteiger charge is 2.28. The second-order valence-electron chi connectivity index (χ2n) is 8.21. The summed E-state index contributed by atoms with van der Waals surface area (Å²) >= 11 is 0. The number of imidazole rings is 1. The predicted molar refractivity (Wildman–Crippen MR) is 117 cm³/mol. The average molecular weight is 437 g/mol. The fourth-order valence-corrected chi connectivity index (χ4v) is 4.41. The van der Waals surface area contributed by atoms with Crippen LogP contribution >= 0.6 is 0 Å². The van der Waals surface area contributed by atoms with E-state index in [4.69, 9.17) is 0 Å². The van der Waals surface area contributed by atoms with Crippen molar-refractivity contribution in [2.75, 3.05) is 43.4 Å². The van der Waals surface area contributed by atoms with E-state index in [2.05, 4.69) is 25.5 Å². The Morgan fingerprint density at radius 1 is 1.28 bits per heavy atom. The zero-order valence-electron chi connectivity index (χ0n) is 17.9. The van der Waals surface area contributed by atoms with Crippen molar-refractivity contribution in [3.8, 4) is 0 Å². The number of carbonyl (C=O) groups excluding carboxylic acids is 2. The Labute approximate surface area is 184 Å². The first kappa shape index (κ1) is 20.4. The highest BCUT2D eigenvalue weighted by molar-refractivity contribution is 6.04. The number of hydrogen-bond acceptors (Lipinski definition) is 6. The second-order valence-corrected chi connectivity index (χ2v) is 8.21. The van der Waals surface area contributed by atoms with Gasteiger partial charge in [-0.15, -0.1) is 0 Å². The van der Waals surface area contributed by atoms with Gasteiger partial charge >= 0.3 is 0 Å². The molecule has 5 heterocycles. The number of pyridine rings is 2. The van der Waals surface area contributed by atoms with E-state index in [9.17, 15) is 14.0 Å². The fourth-order valence-electron chi connectivity index (χ4n) is 4.41. The monoisotopic (exact) mass is 437 g/mol. The summed E-state index contributed by atoms with van der Waals surface area (Å²) in [5.74, 6) is -1.34. The van der Waals surface area contributed by atoms with Crippen molar-refractivity contribution in [3.63, 3.8) is 0 Å². The van der Waals surface area contributed by atoms with Gasteiger partial charge in [-0.2, -0.15) is 4.39 Å². The summed E-state index contributed by atoms with van der Waals surface area (Å²) in [6, 6.07) is 5.16. The van der Waals surface area contributed by atoms with Gasteiger partial charge in [0.15, 0.2) is 0 Å². The molecule has 9 nitrogen and oxygen atoms in total. The number of hydrogen-bond donors (Lipinski definition) is 2. The van der Waals surface area contributed by atoms with Crippen LogP contribution in [0.1, 0.15) is 34.6 Å². The molecule has 1 atom stereocenters. The van der Waals surface area contributed by atoms with Crippen LogP contribution in [0.4, 0.5) is 15.8 Å². The van der Waals surface area contributed by atoms with Gasteiger partial charge in [0.1, 0.15) is 5.69 Å². The van der Waals surface area contributed by atoms with Gasteiger partial charge in [-0.25, -0.2) is 9.97 Å². The van der Waals surface area contributed by atoms with Gasteiger partial charge in [0, 0.05) is 46.0 Å². The van der Waals surface area contributed by atoms with Crippen LogP contribution in [0.2, 0.25) is 0 Å². The molecular weight excluding hydrogens is 413 g/mol. The molecule has 1 saturated heterocycles. The molecule has 32 heavy (non-hydrogen) atoms. The van der Waals surface area contributed by atoms with Crippen LogP contribution in [0.5, 0.6) is 0 Å². The molecule has 3 aromatic rings. The van der Waals surface area contributed by atoms with Gasteiger partial charge in [-0.3, -0.25) is 14.5 Å². The second kappa shape index (κ2) is 7.86. The highest BCUT2D eigenvalue weighted by Crippen LogP contribution is 2.33. The smallest absolute Gasteiger partial charge is 0.269 e. The molecule has 166 valence electrons. The molecular formula is C22H24FN7O2. The Balaban J connectivity index is 1.27. The van der Waals surface area contributed by atoms with E-state index in [1.807, 2.05) is 28.5 Å². The fraction of sp³-hybridized carbons (Fsp3) is 0.364. The van der Waals surface area contributed by atoms with Crippen molar-refractivity contribution in [2.24, 2.45) is 0 Å². The van der Waals surface area contributed by atoms with Crippen LogP contribution < -0.4 is 15.5 Å². The molecule has 3 aromatic heterocycles. The summed E-state index contributed by atoms with van der Waals surface area (Å²) < 4.78 is 16.5. The SMILES string of the molecule is CNC(=O)c1ccc(N2CCN(Cc3cc4c5c(ncn5c3)[C@H](C)C(=O)N4)CC2)c(F)n1. The van der Waals surface area contributed by atoms with Gasteiger partial charge < -0.3 is 19.9 Å². The largest absolute Gasteiger partial charge is 0.365 e. The molecule has 0 radical (unpaired) electrons. The van der Waals surface area contributed by atoms with E-state index >= 15 is 0 Å². The Bertz CT molecular complexity index is 1220. The van der Waals surface area contributed by atoms with Crippen molar-refractivity contribution >= 4 is 28.7 Å². The number of nitrogens with zero attached hydrogens (tertiary/aromatic N) is 5. The zero-order valence-corrected chi connectivity index (χ0v) is 17.9. The lowest BCUT2D eigenvalue weighted by Crippen LogP contribution is -2.46. The van der Waals surface area contributed by atoms with Gasteiger partial charge in [-0.05, 0) is 30.7 Å². The Morgan fingerprint density at radius 3 is 2.78 bits per heavy atom. The number of anilines is 2. The molecule has 0 spiro atoms. The number of rotatable bonds is 4. The average Bonchev–Trinajstić information content (AvgIpc) is 3.22. The predicted octanol–water partition coefficient (Wildman–Crippen LogP) is 1.61. The van der Waals surface area contributed by atoms with Crippen molar-refractivity contribution in [1.29, 1.82) is 0 Å². The molecule has 0 unspecified atom stereocenters. The van der Waals surface area contributed by atoms with Crippen LogP contribution in [0.25, 0.3) is 5.52 Å². The highest BCUT2D eigenvalue weighted by atomic mass is 19.1. The van der Waals surface area contributed by atoms with Crippen LogP contribution in [0, 0.1) is 5.95 Å². The number of aromatic nitrogens is 3. The normalized spacial score (nSPS) is 18.7. The van der Waals surface area contributed by atoms with E-state index in [0.29, 0.717) is 25.3 Å². The molecule has 0 aliphatic carbocycles. The first-order chi connectivity index (χ1) is 15.4. The quantitative estimate of drug-likeness (QED) is 0.603. The minimum absolute atomic E-state index is 0.0399. The van der Waals surface area contributed by atoms with Gasteiger partial charge in [0.25, 0.3) is 5.91 Å². The molecule has 0 bridgehead atoms. The third kappa shape index (κ3) is 3.46. The standard InChI is InChI=1S/C22H24FN7O2/c1-13-18-19-16(27-21(13)31)9-14(11-30(19)12-25-18)10-28-5-7-29(8-6-28)17-4-3-15(22(32)24-2)26-20(17)23/h3-4,9,11-13H,5-8,10H2,1-2H3,(H,24,32)(H,27,31)/t13-/m0/s1. The minimum Gasteiger partial charge on any atom is -0.365 e. The number of carbonyl (C=O) groups is 2. The van der Waals surface area contributed by atoms with E-state index < -0.39 is 11.9 Å². The Hall–Kier alpha value is -3.53. The van der Waals surface area contributed by atoms with E-state index in [-0.39, 0.29) is 17.5 Å². The summed E-state index contributed by atoms with van der Waals surface area (Å²) in [4.78, 5) is 36.4. The summed E-state index contributed by atoms with van der Waals surface area (Å²) in [7, 11) is 1.49. The lowest BCUT2D eigenvalue weighted by Gasteiger charge is -2.36. The van der Waals surface area contributed by atoms with Crippen molar-refractivity contribution in [2.45, 2.75) is 19.4 Å². The van der Waals surface area contributed by atoms with Crippen LogP contribution in [-0.2, 0) is 11.3 Å². The topological polar surface area (TPSA) is 94.9 Å². The molecule has 2 N–H and O–H groups in total. The first-order valence-electron chi connectivity index (χ1n) is 10.6. The maximum Gasteiger partial charge on any atom is 0.269 e. The summed E-state index contributed by atoms with van der Waals surface area (Å²) in [5.41, 5.74) is 4.10. The molecule has 2 amide bonds. The molecule has 2 aliphatic rings. The van der Waals surface area contributed by atoms with E-state index in [1.165, 1.54) is 7.05 Å². The van der Waals surface area contributed by atoms with Gasteiger partial charge in [0.2, 0.25) is 11.9 Å². The Morgan fingerprint density at radius 2 is 2.06 bits per heavy atom. The van der Waals surface area contributed by atoms with Crippen molar-refractivity contribution < 1.29 is 14.0 Å². The third-order valence-corrected chi connectivity index (χ3v) is 6.18. The van der Waals surface area contributed by atoms with E-state index in [1.54, 1.807) is 18.5 Å². The molecule has 0 saturated carbocycles. The lowest BCUT2D eigenvalue weighted by atomic mass is 10.0. The number of piperazine rings is 1. The van der Waals surface area contributed by atoms with Crippen LogP contribution in [0.3, 0.4) is 0 Å². The minimum atomic E-state index is -0.634. The molecule has 2 aliphatic heterocycles. The van der Waals surface area contributed by atoms with E-state index in [0.717, 1.165) is 35.6 Å². The number of amides is 2. The maximum atomic E-state index is 14.5. The van der Waals surface area contributed by atoms with Crippen molar-refractivity contribution in [3.05, 3.63) is 53.6 Å². The lowest BCUT2D eigenvalue weighted by molar-refractivity contribution is -0.117. The van der Waals surface area contributed by atoms with Gasteiger partial charge in [-0.1, -0.05) is 0 Å². The summed E-state index contributed by atoms with van der Waals surface area (Å²) in [6.07, 6.45) is 3.80. The zero-order chi connectivity index (χ0) is 22.4. The third-order valence-electron chi connectivity index (χ3n) is 6.18. The van der Waals surface area contributed by atoms with Crippen molar-refractivity contribution in [1.82, 2.24) is 24.6 Å². The molecule has 0 aromatic carbocycles. The van der Waals surface area contributed by atoms with Crippen LogP contribution in [-0.4, -0.2) is 64.3 Å². The first-order valence-corrected chi connectivity index (χ1v) is 10.6. The number of halogens is 1. The number of nitrogens with one attached hydrogen (secondary N) is 2. The van der Waals surface area contributed by atoms with Crippen LogP contribution in [0.15, 0.2) is 30.7 Å². The molecule has 1 fully saturated rings. The summed E-state index contributed by atoms with van der Waals surface area (Å²) in [6.45, 7) is 5.38. The maximum absolute atomic E-state index is 14.5. The molecule has 10 heteroatoms.